The van der Waals surface area contributed by atoms with Gasteiger partial charge in [-0.1, -0.05) is 13.8 Å². The van der Waals surface area contributed by atoms with Crippen LogP contribution in [0, 0.1) is 23.0 Å². The second-order valence-electron chi connectivity index (χ2n) is 4.08. The molecule has 0 aliphatic carbocycles. The van der Waals surface area contributed by atoms with Gasteiger partial charge in [0, 0.05) is 17.3 Å². The van der Waals surface area contributed by atoms with Gasteiger partial charge in [-0.3, -0.25) is 4.79 Å². The van der Waals surface area contributed by atoms with Crippen LogP contribution in [0.15, 0.2) is 12.1 Å². The molecule has 0 saturated carbocycles. The fraction of sp³-hybridized carbons (Fsp3) is 0.333. The summed E-state index contributed by atoms with van der Waals surface area (Å²) in [6, 6.07) is 2.02. The highest BCUT2D eigenvalue weighted by Gasteiger charge is 2.15. The Morgan fingerprint density at radius 3 is 2.12 bits per heavy atom. The van der Waals surface area contributed by atoms with Crippen LogP contribution in [0.4, 0.5) is 14.5 Å². The van der Waals surface area contributed by atoms with Crippen molar-refractivity contribution < 1.29 is 13.6 Å². The van der Waals surface area contributed by atoms with Crippen LogP contribution in [0.25, 0.3) is 0 Å². The lowest BCUT2D eigenvalue weighted by Crippen LogP contribution is -2.18. The van der Waals surface area contributed by atoms with Crippen LogP contribution in [0.5, 0.6) is 0 Å². The molecule has 1 amide bonds. The zero-order chi connectivity index (χ0) is 13.2. The number of hydrogen-bond donors (Lipinski definition) is 2. The third-order valence-corrected chi connectivity index (χ3v) is 2.21. The van der Waals surface area contributed by atoms with Gasteiger partial charge in [0.2, 0.25) is 5.91 Å². The fourth-order valence-corrected chi connectivity index (χ4v) is 1.29. The average molecular weight is 240 g/mol. The SMILES string of the molecule is CC(=N)c1c(F)cc(NC(=O)C(C)C)cc1F. The van der Waals surface area contributed by atoms with E-state index < -0.39 is 11.6 Å². The summed E-state index contributed by atoms with van der Waals surface area (Å²) in [6.45, 7) is 4.66. The van der Waals surface area contributed by atoms with Gasteiger partial charge in [-0.25, -0.2) is 8.78 Å². The molecule has 0 atom stereocenters. The molecule has 92 valence electrons. The maximum absolute atomic E-state index is 13.5. The van der Waals surface area contributed by atoms with Crippen molar-refractivity contribution in [3.8, 4) is 0 Å². The Morgan fingerprint density at radius 2 is 1.76 bits per heavy atom. The first-order chi connectivity index (χ1) is 7.82. The lowest BCUT2D eigenvalue weighted by atomic mass is 10.1. The molecular weight excluding hydrogens is 226 g/mol. The third kappa shape index (κ3) is 3.09. The summed E-state index contributed by atoms with van der Waals surface area (Å²) in [7, 11) is 0. The van der Waals surface area contributed by atoms with Crippen molar-refractivity contribution in [3.05, 3.63) is 29.3 Å². The Balaban J connectivity index is 3.07. The van der Waals surface area contributed by atoms with Gasteiger partial charge in [0.05, 0.1) is 5.56 Å². The van der Waals surface area contributed by atoms with E-state index in [4.69, 9.17) is 5.41 Å². The molecular formula is C12H14F2N2O. The first-order valence-electron chi connectivity index (χ1n) is 5.18. The van der Waals surface area contributed by atoms with E-state index in [2.05, 4.69) is 5.32 Å². The number of benzene rings is 1. The van der Waals surface area contributed by atoms with Crippen molar-refractivity contribution in [2.75, 3.05) is 5.32 Å². The molecule has 0 aliphatic rings. The summed E-state index contributed by atoms with van der Waals surface area (Å²) >= 11 is 0. The Hall–Kier alpha value is -1.78. The number of rotatable bonds is 3. The van der Waals surface area contributed by atoms with Gasteiger partial charge in [0.1, 0.15) is 11.6 Å². The standard InChI is InChI=1S/C12H14F2N2O/c1-6(2)12(17)16-8-4-9(13)11(7(3)15)10(14)5-8/h4-6,15H,1-3H3,(H,16,17). The molecule has 0 spiro atoms. The van der Waals surface area contributed by atoms with E-state index in [1.165, 1.54) is 6.92 Å². The largest absolute Gasteiger partial charge is 0.326 e. The molecule has 0 fully saturated rings. The molecule has 2 N–H and O–H groups in total. The maximum atomic E-state index is 13.5. The summed E-state index contributed by atoms with van der Waals surface area (Å²) in [4.78, 5) is 11.4. The summed E-state index contributed by atoms with van der Waals surface area (Å²) in [5, 5.41) is 9.63. The summed E-state index contributed by atoms with van der Waals surface area (Å²) in [6.07, 6.45) is 0. The number of nitrogens with one attached hydrogen (secondary N) is 2. The van der Waals surface area contributed by atoms with E-state index in [1.54, 1.807) is 13.8 Å². The van der Waals surface area contributed by atoms with Crippen molar-refractivity contribution in [2.45, 2.75) is 20.8 Å². The molecule has 0 aromatic heterocycles. The highest BCUT2D eigenvalue weighted by atomic mass is 19.1. The Bertz CT molecular complexity index is 447. The molecule has 0 bridgehead atoms. The number of anilines is 1. The number of carbonyl (C=O) groups is 1. The number of carbonyl (C=O) groups excluding carboxylic acids is 1. The van der Waals surface area contributed by atoms with Crippen LogP contribution in [0.3, 0.4) is 0 Å². The molecule has 0 saturated heterocycles. The van der Waals surface area contributed by atoms with Gasteiger partial charge >= 0.3 is 0 Å². The minimum atomic E-state index is -0.850. The van der Waals surface area contributed by atoms with Crippen LogP contribution >= 0.6 is 0 Å². The summed E-state index contributed by atoms with van der Waals surface area (Å²) in [5.41, 5.74) is -0.502. The van der Waals surface area contributed by atoms with Crippen molar-refractivity contribution in [2.24, 2.45) is 5.92 Å². The van der Waals surface area contributed by atoms with Gasteiger partial charge in [-0.15, -0.1) is 0 Å². The monoisotopic (exact) mass is 240 g/mol. The van der Waals surface area contributed by atoms with E-state index in [0.717, 1.165) is 12.1 Å². The van der Waals surface area contributed by atoms with Gasteiger partial charge in [-0.05, 0) is 19.1 Å². The highest BCUT2D eigenvalue weighted by Crippen LogP contribution is 2.19. The average Bonchev–Trinajstić information content (AvgIpc) is 2.15. The minimum Gasteiger partial charge on any atom is -0.326 e. The second-order valence-corrected chi connectivity index (χ2v) is 4.08. The summed E-state index contributed by atoms with van der Waals surface area (Å²) < 4.78 is 27.0. The third-order valence-electron chi connectivity index (χ3n) is 2.21. The first kappa shape index (κ1) is 13.3. The lowest BCUT2D eigenvalue weighted by Gasteiger charge is -2.10. The van der Waals surface area contributed by atoms with E-state index in [9.17, 15) is 13.6 Å². The van der Waals surface area contributed by atoms with Gasteiger partial charge in [-0.2, -0.15) is 0 Å². The Labute approximate surface area is 98.3 Å². The normalized spacial score (nSPS) is 10.5. The molecule has 3 nitrogen and oxygen atoms in total. The van der Waals surface area contributed by atoms with Crippen LogP contribution in [0.1, 0.15) is 26.3 Å². The minimum absolute atomic E-state index is 0.0590. The molecule has 1 aromatic rings. The quantitative estimate of drug-likeness (QED) is 0.784. The van der Waals surface area contributed by atoms with Crippen molar-refractivity contribution in [1.29, 1.82) is 5.41 Å². The van der Waals surface area contributed by atoms with Gasteiger partial charge in [0.15, 0.2) is 0 Å². The Kier molecular flexibility index (Phi) is 3.93. The maximum Gasteiger partial charge on any atom is 0.226 e. The number of halogens is 2. The molecule has 1 aromatic carbocycles. The van der Waals surface area contributed by atoms with Gasteiger partial charge < -0.3 is 10.7 Å². The predicted molar refractivity (Wildman–Crippen MR) is 62.3 cm³/mol. The van der Waals surface area contributed by atoms with Crippen LogP contribution in [0.2, 0.25) is 0 Å². The van der Waals surface area contributed by atoms with Crippen LogP contribution in [-0.4, -0.2) is 11.6 Å². The fourth-order valence-electron chi connectivity index (χ4n) is 1.29. The molecule has 17 heavy (non-hydrogen) atoms. The molecule has 0 radical (unpaired) electrons. The van der Waals surface area contributed by atoms with Gasteiger partial charge in [0.25, 0.3) is 0 Å². The lowest BCUT2D eigenvalue weighted by molar-refractivity contribution is -0.118. The van der Waals surface area contributed by atoms with Crippen molar-refractivity contribution in [1.82, 2.24) is 0 Å². The highest BCUT2D eigenvalue weighted by molar-refractivity contribution is 5.98. The molecule has 0 heterocycles. The topological polar surface area (TPSA) is 53.0 Å². The zero-order valence-corrected chi connectivity index (χ0v) is 9.90. The smallest absolute Gasteiger partial charge is 0.226 e. The molecule has 0 aliphatic heterocycles. The number of hydrogen-bond acceptors (Lipinski definition) is 2. The van der Waals surface area contributed by atoms with Crippen molar-refractivity contribution in [3.63, 3.8) is 0 Å². The van der Waals surface area contributed by atoms with E-state index in [0.29, 0.717) is 0 Å². The molecule has 5 heteroatoms. The Morgan fingerprint density at radius 1 is 1.29 bits per heavy atom. The first-order valence-corrected chi connectivity index (χ1v) is 5.18. The van der Waals surface area contributed by atoms with Crippen LogP contribution in [-0.2, 0) is 4.79 Å². The molecule has 0 unspecified atom stereocenters. The predicted octanol–water partition coefficient (Wildman–Crippen LogP) is 2.95. The number of amides is 1. The second kappa shape index (κ2) is 5.03. The van der Waals surface area contributed by atoms with Crippen LogP contribution < -0.4 is 5.32 Å². The van der Waals surface area contributed by atoms with E-state index >= 15 is 0 Å². The zero-order valence-electron chi connectivity index (χ0n) is 9.90. The molecule has 1 rings (SSSR count). The summed E-state index contributed by atoms with van der Waals surface area (Å²) in [5.74, 6) is -2.29. The van der Waals surface area contributed by atoms with Crippen molar-refractivity contribution >= 4 is 17.3 Å². The van der Waals surface area contributed by atoms with E-state index in [1.807, 2.05) is 0 Å². The van der Waals surface area contributed by atoms with E-state index in [-0.39, 0.29) is 28.8 Å².